The van der Waals surface area contributed by atoms with Crippen LogP contribution >= 0.6 is 0 Å². The van der Waals surface area contributed by atoms with Gasteiger partial charge in [0.25, 0.3) is 0 Å². The molecule has 0 spiro atoms. The zero-order valence-electron chi connectivity index (χ0n) is 15.2. The largest absolute Gasteiger partial charge is 0.361 e. The summed E-state index contributed by atoms with van der Waals surface area (Å²) in [5.41, 5.74) is 1.94. The maximum Gasteiger partial charge on any atom is 0.222 e. The summed E-state index contributed by atoms with van der Waals surface area (Å²) in [6.07, 6.45) is 5.09. The summed E-state index contributed by atoms with van der Waals surface area (Å²) in [5.74, 6) is 1.98. The van der Waals surface area contributed by atoms with Gasteiger partial charge in [-0.15, -0.1) is 0 Å². The van der Waals surface area contributed by atoms with Crippen LogP contribution in [-0.4, -0.2) is 47.1 Å². The number of pyridine rings is 1. The van der Waals surface area contributed by atoms with E-state index in [-0.39, 0.29) is 11.9 Å². The van der Waals surface area contributed by atoms with Crippen molar-refractivity contribution in [1.82, 2.24) is 15.0 Å². The standard InChI is InChI=1S/C19H26N4O2/c1-14-17(15(2)25-21-14)9-10-19(24)22(3)16-7-6-12-23(13-16)18-8-4-5-11-20-18/h4-5,8,11,16H,6-7,9-10,12-13H2,1-3H3/t16-/m0/s1. The second-order valence-electron chi connectivity index (χ2n) is 6.74. The van der Waals surface area contributed by atoms with Gasteiger partial charge in [-0.25, -0.2) is 4.98 Å². The summed E-state index contributed by atoms with van der Waals surface area (Å²) < 4.78 is 5.18. The second kappa shape index (κ2) is 7.68. The van der Waals surface area contributed by atoms with E-state index in [2.05, 4.69) is 15.0 Å². The smallest absolute Gasteiger partial charge is 0.222 e. The number of anilines is 1. The highest BCUT2D eigenvalue weighted by molar-refractivity contribution is 5.76. The minimum atomic E-state index is 0.174. The zero-order chi connectivity index (χ0) is 17.8. The van der Waals surface area contributed by atoms with Crippen molar-refractivity contribution in [3.63, 3.8) is 0 Å². The molecule has 6 nitrogen and oxygen atoms in total. The lowest BCUT2D eigenvalue weighted by molar-refractivity contribution is -0.132. The first kappa shape index (κ1) is 17.5. The van der Waals surface area contributed by atoms with E-state index in [0.717, 1.165) is 48.8 Å². The number of carbonyl (C=O) groups excluding carboxylic acids is 1. The molecule has 2 aromatic heterocycles. The fourth-order valence-corrected chi connectivity index (χ4v) is 3.49. The van der Waals surface area contributed by atoms with Gasteiger partial charge in [0.1, 0.15) is 11.6 Å². The lowest BCUT2D eigenvalue weighted by atomic mass is 10.0. The minimum Gasteiger partial charge on any atom is -0.361 e. The lowest BCUT2D eigenvalue weighted by Crippen LogP contribution is -2.48. The number of carbonyl (C=O) groups is 1. The number of likely N-dealkylation sites (N-methyl/N-ethyl adjacent to an activating group) is 1. The van der Waals surface area contributed by atoms with E-state index in [4.69, 9.17) is 4.52 Å². The molecule has 0 unspecified atom stereocenters. The highest BCUT2D eigenvalue weighted by Gasteiger charge is 2.26. The van der Waals surface area contributed by atoms with E-state index in [9.17, 15) is 4.79 Å². The summed E-state index contributed by atoms with van der Waals surface area (Å²) in [7, 11) is 1.92. The summed E-state index contributed by atoms with van der Waals surface area (Å²) in [5, 5.41) is 3.96. The highest BCUT2D eigenvalue weighted by Crippen LogP contribution is 2.21. The van der Waals surface area contributed by atoms with Crippen LogP contribution in [-0.2, 0) is 11.2 Å². The molecular formula is C19H26N4O2. The Morgan fingerprint density at radius 1 is 1.40 bits per heavy atom. The van der Waals surface area contributed by atoms with Crippen LogP contribution in [0.4, 0.5) is 5.82 Å². The maximum absolute atomic E-state index is 12.6. The molecule has 1 aliphatic heterocycles. The summed E-state index contributed by atoms with van der Waals surface area (Å²) in [6, 6.07) is 6.19. The van der Waals surface area contributed by atoms with Crippen LogP contribution in [0.15, 0.2) is 28.9 Å². The van der Waals surface area contributed by atoms with Gasteiger partial charge in [0.15, 0.2) is 0 Å². The van der Waals surface area contributed by atoms with Gasteiger partial charge in [-0.3, -0.25) is 4.79 Å². The summed E-state index contributed by atoms with van der Waals surface area (Å²) in [4.78, 5) is 21.3. The van der Waals surface area contributed by atoms with Gasteiger partial charge >= 0.3 is 0 Å². The Kier molecular flexibility index (Phi) is 5.36. The summed E-state index contributed by atoms with van der Waals surface area (Å²) in [6.45, 7) is 5.65. The molecule has 0 aliphatic carbocycles. The van der Waals surface area contributed by atoms with Gasteiger partial charge in [0, 0.05) is 44.4 Å². The molecule has 0 aromatic carbocycles. The molecule has 1 atom stereocenters. The monoisotopic (exact) mass is 342 g/mol. The molecule has 3 heterocycles. The van der Waals surface area contributed by atoms with Crippen molar-refractivity contribution in [2.75, 3.05) is 25.0 Å². The van der Waals surface area contributed by atoms with Crippen molar-refractivity contribution in [2.24, 2.45) is 0 Å². The van der Waals surface area contributed by atoms with E-state index < -0.39 is 0 Å². The highest BCUT2D eigenvalue weighted by atomic mass is 16.5. The van der Waals surface area contributed by atoms with Crippen LogP contribution < -0.4 is 4.90 Å². The number of piperidine rings is 1. The Labute approximate surface area is 148 Å². The molecule has 134 valence electrons. The van der Waals surface area contributed by atoms with Crippen molar-refractivity contribution < 1.29 is 9.32 Å². The molecular weight excluding hydrogens is 316 g/mol. The SMILES string of the molecule is Cc1noc(C)c1CCC(=O)N(C)[C@H]1CCCN(c2ccccn2)C1. The Morgan fingerprint density at radius 3 is 2.92 bits per heavy atom. The molecule has 0 bridgehead atoms. The molecule has 2 aromatic rings. The van der Waals surface area contributed by atoms with Crippen LogP contribution in [0.1, 0.15) is 36.3 Å². The Morgan fingerprint density at radius 2 is 2.24 bits per heavy atom. The topological polar surface area (TPSA) is 62.5 Å². The fraction of sp³-hybridized carbons (Fsp3) is 0.526. The van der Waals surface area contributed by atoms with Crippen molar-refractivity contribution in [3.8, 4) is 0 Å². The lowest BCUT2D eigenvalue weighted by Gasteiger charge is -2.38. The molecule has 0 radical (unpaired) electrons. The van der Waals surface area contributed by atoms with Crippen molar-refractivity contribution in [2.45, 2.75) is 45.6 Å². The van der Waals surface area contributed by atoms with Gasteiger partial charge in [-0.2, -0.15) is 0 Å². The number of aromatic nitrogens is 2. The fourth-order valence-electron chi connectivity index (χ4n) is 3.49. The average Bonchev–Trinajstić information content (AvgIpc) is 2.98. The molecule has 1 amide bonds. The third-order valence-corrected chi connectivity index (χ3v) is 5.08. The molecule has 3 rings (SSSR count). The molecule has 1 aliphatic rings. The molecule has 1 fully saturated rings. The first-order valence-electron chi connectivity index (χ1n) is 8.89. The van der Waals surface area contributed by atoms with Crippen LogP contribution in [0, 0.1) is 13.8 Å². The van der Waals surface area contributed by atoms with Gasteiger partial charge in [0.05, 0.1) is 5.69 Å². The first-order chi connectivity index (χ1) is 12.1. The van der Waals surface area contributed by atoms with Crippen LogP contribution in [0.25, 0.3) is 0 Å². The number of rotatable bonds is 5. The van der Waals surface area contributed by atoms with Crippen LogP contribution in [0.2, 0.25) is 0 Å². The number of nitrogens with zero attached hydrogens (tertiary/aromatic N) is 4. The zero-order valence-corrected chi connectivity index (χ0v) is 15.2. The predicted molar refractivity (Wildman–Crippen MR) is 96.5 cm³/mol. The average molecular weight is 342 g/mol. The number of aryl methyl sites for hydroxylation is 2. The Balaban J connectivity index is 1.58. The first-order valence-corrected chi connectivity index (χ1v) is 8.89. The van der Waals surface area contributed by atoms with Crippen molar-refractivity contribution in [3.05, 3.63) is 41.4 Å². The molecule has 0 N–H and O–H groups in total. The molecule has 25 heavy (non-hydrogen) atoms. The Hall–Kier alpha value is -2.37. The normalized spacial score (nSPS) is 17.6. The molecule has 0 saturated carbocycles. The third kappa shape index (κ3) is 4.00. The quantitative estimate of drug-likeness (QED) is 0.836. The van der Waals surface area contributed by atoms with E-state index in [0.29, 0.717) is 12.8 Å². The van der Waals surface area contributed by atoms with Crippen LogP contribution in [0.5, 0.6) is 0 Å². The van der Waals surface area contributed by atoms with E-state index in [1.54, 1.807) is 0 Å². The number of hydrogen-bond donors (Lipinski definition) is 0. The number of amides is 1. The second-order valence-corrected chi connectivity index (χ2v) is 6.74. The van der Waals surface area contributed by atoms with E-state index >= 15 is 0 Å². The number of hydrogen-bond acceptors (Lipinski definition) is 5. The van der Waals surface area contributed by atoms with Gasteiger partial charge in [0.2, 0.25) is 5.91 Å². The van der Waals surface area contributed by atoms with Gasteiger partial charge in [-0.05, 0) is 45.2 Å². The van der Waals surface area contributed by atoms with E-state index in [1.165, 1.54) is 0 Å². The minimum absolute atomic E-state index is 0.174. The summed E-state index contributed by atoms with van der Waals surface area (Å²) >= 11 is 0. The third-order valence-electron chi connectivity index (χ3n) is 5.08. The van der Waals surface area contributed by atoms with Crippen molar-refractivity contribution >= 4 is 11.7 Å². The molecule has 1 saturated heterocycles. The molecule has 6 heteroatoms. The van der Waals surface area contributed by atoms with Crippen LogP contribution in [0.3, 0.4) is 0 Å². The Bertz CT molecular complexity index is 694. The van der Waals surface area contributed by atoms with Gasteiger partial charge in [-0.1, -0.05) is 11.2 Å². The van der Waals surface area contributed by atoms with E-state index in [1.807, 2.05) is 50.2 Å². The van der Waals surface area contributed by atoms with Gasteiger partial charge < -0.3 is 14.3 Å². The van der Waals surface area contributed by atoms with Crippen molar-refractivity contribution in [1.29, 1.82) is 0 Å². The predicted octanol–water partition coefficient (Wildman–Crippen LogP) is 2.75. The maximum atomic E-state index is 12.6.